The van der Waals surface area contributed by atoms with Crippen molar-refractivity contribution in [3.8, 4) is 0 Å². The van der Waals surface area contributed by atoms with Crippen molar-refractivity contribution in [3.05, 3.63) is 69.4 Å². The molecule has 2 aromatic rings. The molecule has 1 aromatic carbocycles. The maximum absolute atomic E-state index is 13.4. The van der Waals surface area contributed by atoms with E-state index in [4.69, 9.17) is 16.3 Å². The Morgan fingerprint density at radius 2 is 1.90 bits per heavy atom. The van der Waals surface area contributed by atoms with Crippen molar-refractivity contribution < 1.29 is 23.5 Å². The lowest BCUT2D eigenvalue weighted by atomic mass is 9.96. The van der Waals surface area contributed by atoms with E-state index in [0.717, 1.165) is 22.8 Å². The van der Waals surface area contributed by atoms with Crippen molar-refractivity contribution in [2.45, 2.75) is 25.8 Å². The van der Waals surface area contributed by atoms with Crippen LogP contribution in [0.2, 0.25) is 5.02 Å². The van der Waals surface area contributed by atoms with Gasteiger partial charge in [0.25, 0.3) is 11.5 Å². The molecule has 2 heterocycles. The second-order valence-electron chi connectivity index (χ2n) is 7.24. The third-order valence-corrected chi connectivity index (χ3v) is 5.37. The smallest absolute Gasteiger partial charge is 0.310 e. The van der Waals surface area contributed by atoms with Crippen molar-refractivity contribution in [2.75, 3.05) is 19.7 Å². The van der Waals surface area contributed by atoms with Gasteiger partial charge in [-0.3, -0.25) is 23.7 Å². The number of ether oxygens (including phenoxy) is 1. The number of pyridine rings is 1. The zero-order valence-electron chi connectivity index (χ0n) is 16.9. The van der Waals surface area contributed by atoms with Gasteiger partial charge in [-0.2, -0.15) is 0 Å². The molecule has 1 aliphatic rings. The number of carbonyl (C=O) groups excluding carboxylic acids is 3. The molecule has 2 unspecified atom stereocenters. The Morgan fingerprint density at radius 1 is 1.19 bits per heavy atom. The van der Waals surface area contributed by atoms with Crippen LogP contribution in [0.5, 0.6) is 0 Å². The van der Waals surface area contributed by atoms with Crippen molar-refractivity contribution in [3.63, 3.8) is 0 Å². The second kappa shape index (κ2) is 9.87. The van der Waals surface area contributed by atoms with Crippen molar-refractivity contribution in [1.82, 2.24) is 9.47 Å². The first-order valence-corrected chi connectivity index (χ1v) is 10.3. The van der Waals surface area contributed by atoms with E-state index < -0.39 is 41.0 Å². The minimum atomic E-state index is -1.53. The molecule has 7 nitrogen and oxygen atoms in total. The van der Waals surface area contributed by atoms with Gasteiger partial charge in [0, 0.05) is 30.9 Å². The van der Waals surface area contributed by atoms with E-state index in [1.165, 1.54) is 29.3 Å². The number of hydrogen-bond donors (Lipinski definition) is 0. The van der Waals surface area contributed by atoms with Crippen LogP contribution in [0, 0.1) is 11.7 Å². The highest BCUT2D eigenvalue weighted by atomic mass is 35.5. The van der Waals surface area contributed by atoms with Crippen molar-refractivity contribution in [2.24, 2.45) is 5.92 Å². The van der Waals surface area contributed by atoms with E-state index in [-0.39, 0.29) is 23.7 Å². The molecule has 1 saturated heterocycles. The molecule has 1 amide bonds. The summed E-state index contributed by atoms with van der Waals surface area (Å²) in [5.41, 5.74) is -0.511. The molecule has 0 spiro atoms. The summed E-state index contributed by atoms with van der Waals surface area (Å²) in [6.07, 6.45) is 2.34. The number of rotatable bonds is 6. The molecule has 0 bridgehead atoms. The summed E-state index contributed by atoms with van der Waals surface area (Å²) in [7, 11) is 0. The molecule has 3 rings (SSSR count). The molecule has 0 radical (unpaired) electrons. The van der Waals surface area contributed by atoms with Gasteiger partial charge >= 0.3 is 5.97 Å². The Morgan fingerprint density at radius 3 is 2.58 bits per heavy atom. The Labute approximate surface area is 183 Å². The molecule has 1 fully saturated rings. The summed E-state index contributed by atoms with van der Waals surface area (Å²) in [6, 6.07) is 5.72. The first kappa shape index (κ1) is 22.7. The summed E-state index contributed by atoms with van der Waals surface area (Å²) >= 11 is 6.02. The average molecular weight is 449 g/mol. The number of amides is 1. The van der Waals surface area contributed by atoms with Crippen LogP contribution in [0.1, 0.15) is 36.2 Å². The van der Waals surface area contributed by atoms with Gasteiger partial charge in [0.2, 0.25) is 0 Å². The summed E-state index contributed by atoms with van der Waals surface area (Å²) in [6.45, 7) is 2.34. The predicted molar refractivity (Wildman–Crippen MR) is 111 cm³/mol. The van der Waals surface area contributed by atoms with Gasteiger partial charge in [-0.05, 0) is 50.1 Å². The molecular weight excluding hydrogens is 427 g/mol. The van der Waals surface area contributed by atoms with Crippen LogP contribution < -0.4 is 5.56 Å². The summed E-state index contributed by atoms with van der Waals surface area (Å²) in [4.78, 5) is 52.7. The lowest BCUT2D eigenvalue weighted by molar-refractivity contribution is -0.151. The third kappa shape index (κ3) is 5.19. The fourth-order valence-electron chi connectivity index (χ4n) is 3.61. The van der Waals surface area contributed by atoms with E-state index in [1.54, 1.807) is 6.92 Å². The molecule has 2 atom stereocenters. The van der Waals surface area contributed by atoms with Gasteiger partial charge in [-0.25, -0.2) is 4.39 Å². The van der Waals surface area contributed by atoms with Crippen molar-refractivity contribution >= 4 is 29.3 Å². The predicted octanol–water partition coefficient (Wildman–Crippen LogP) is 2.87. The summed E-state index contributed by atoms with van der Waals surface area (Å²) < 4.78 is 19.4. The van der Waals surface area contributed by atoms with Crippen LogP contribution in [0.15, 0.2) is 47.4 Å². The Balaban J connectivity index is 1.97. The van der Waals surface area contributed by atoms with E-state index >= 15 is 0 Å². The van der Waals surface area contributed by atoms with Gasteiger partial charge in [0.15, 0.2) is 11.8 Å². The third-order valence-electron chi connectivity index (χ3n) is 5.14. The number of Topliss-reactive ketones (excluding diaryl/α,β-unsaturated/α-hetero) is 1. The van der Waals surface area contributed by atoms with Crippen LogP contribution in [0.4, 0.5) is 4.39 Å². The van der Waals surface area contributed by atoms with Crippen LogP contribution in [-0.4, -0.2) is 46.8 Å². The molecule has 164 valence electrons. The number of hydrogen-bond acceptors (Lipinski definition) is 5. The lowest BCUT2D eigenvalue weighted by Crippen LogP contribution is -2.48. The van der Waals surface area contributed by atoms with Crippen LogP contribution in [0.3, 0.4) is 0 Å². The number of nitrogens with zero attached hydrogens (tertiary/aromatic N) is 2. The Hall–Kier alpha value is -3.00. The molecule has 0 aliphatic carbocycles. The first-order valence-electron chi connectivity index (χ1n) is 9.94. The van der Waals surface area contributed by atoms with Gasteiger partial charge in [0.1, 0.15) is 5.82 Å². The average Bonchev–Trinajstić information content (AvgIpc) is 2.77. The number of likely N-dealkylation sites (tertiary alicyclic amines) is 1. The monoisotopic (exact) mass is 448 g/mol. The quantitative estimate of drug-likeness (QED) is 0.385. The number of esters is 1. The zero-order chi connectivity index (χ0) is 22.5. The highest BCUT2D eigenvalue weighted by Gasteiger charge is 2.37. The molecular formula is C22H22ClFN2O5. The van der Waals surface area contributed by atoms with E-state index in [2.05, 4.69) is 0 Å². The number of carbonyl (C=O) groups is 3. The molecule has 1 aromatic heterocycles. The number of aromatic nitrogens is 1. The van der Waals surface area contributed by atoms with Gasteiger partial charge in [0.05, 0.1) is 17.5 Å². The molecule has 31 heavy (non-hydrogen) atoms. The summed E-state index contributed by atoms with van der Waals surface area (Å²) in [5, 5.41) is 0.173. The number of piperidine rings is 1. The van der Waals surface area contributed by atoms with Crippen LogP contribution in [0.25, 0.3) is 0 Å². The zero-order valence-corrected chi connectivity index (χ0v) is 17.7. The van der Waals surface area contributed by atoms with Gasteiger partial charge < -0.3 is 9.64 Å². The molecule has 0 saturated carbocycles. The van der Waals surface area contributed by atoms with E-state index in [1.807, 2.05) is 0 Å². The van der Waals surface area contributed by atoms with Gasteiger partial charge in [-0.15, -0.1) is 0 Å². The number of halogens is 2. The highest BCUT2D eigenvalue weighted by molar-refractivity contribution is 6.30. The standard InChI is InChI=1S/C22H22ClFN2O5/c1-2-31-22(30)15-4-3-11-25(12-15)21(29)19(26-13-16(23)7-10-18(26)27)20(28)14-5-8-17(24)9-6-14/h5-10,13,15,19H,2-4,11-12H2,1H3. The van der Waals surface area contributed by atoms with Crippen LogP contribution in [-0.2, 0) is 14.3 Å². The minimum absolute atomic E-state index is 0.0746. The minimum Gasteiger partial charge on any atom is -0.466 e. The molecule has 1 aliphatic heterocycles. The molecule has 0 N–H and O–H groups in total. The van der Waals surface area contributed by atoms with Gasteiger partial charge in [-0.1, -0.05) is 11.6 Å². The van der Waals surface area contributed by atoms with Crippen LogP contribution >= 0.6 is 11.6 Å². The first-order chi connectivity index (χ1) is 14.8. The number of ketones is 1. The fraction of sp³-hybridized carbons (Fsp3) is 0.364. The Kier molecular flexibility index (Phi) is 7.22. The largest absolute Gasteiger partial charge is 0.466 e. The van der Waals surface area contributed by atoms with E-state index in [0.29, 0.717) is 19.4 Å². The maximum Gasteiger partial charge on any atom is 0.310 e. The van der Waals surface area contributed by atoms with E-state index in [9.17, 15) is 23.6 Å². The number of benzene rings is 1. The second-order valence-corrected chi connectivity index (χ2v) is 7.68. The highest BCUT2D eigenvalue weighted by Crippen LogP contribution is 2.24. The maximum atomic E-state index is 13.4. The normalized spacial score (nSPS) is 17.1. The summed E-state index contributed by atoms with van der Waals surface area (Å²) in [5.74, 6) is -2.75. The SMILES string of the molecule is CCOC(=O)C1CCCN(C(=O)C(C(=O)c2ccc(F)cc2)n2cc(Cl)ccc2=O)C1. The lowest BCUT2D eigenvalue weighted by Gasteiger charge is -2.34. The molecule has 9 heteroatoms. The fourth-order valence-corrected chi connectivity index (χ4v) is 3.78. The van der Waals surface area contributed by atoms with Crippen molar-refractivity contribution in [1.29, 1.82) is 0 Å². The topological polar surface area (TPSA) is 85.7 Å². The Bertz CT molecular complexity index is 1040.